The van der Waals surface area contributed by atoms with E-state index in [1.54, 1.807) is 12.1 Å². The second-order valence-electron chi connectivity index (χ2n) is 12.8. The molecule has 51 heavy (non-hydrogen) atoms. The standard InChI is InChI=1S/C45H32N4O2/c50-45(51)32-18-16-31(17-19-32)44-39-26-24-37(48-39)42(29-12-6-2-7-13-29)35-22-20-33(46-35)41(28-10-4-1-5-11-28)34-21-23-36(47-34)43(30-14-8-3-9-15-30)38-25-27-40(44)49-38/h1-24,26,47-48H,25,27H2,(H,50,51). The third kappa shape index (κ3) is 5.53. The first-order chi connectivity index (χ1) is 25.1. The van der Waals surface area contributed by atoms with Gasteiger partial charge in [0.15, 0.2) is 0 Å². The summed E-state index contributed by atoms with van der Waals surface area (Å²) >= 11 is 0. The van der Waals surface area contributed by atoms with E-state index in [-0.39, 0.29) is 5.56 Å². The van der Waals surface area contributed by atoms with E-state index in [4.69, 9.17) is 9.97 Å². The van der Waals surface area contributed by atoms with Crippen LogP contribution in [-0.4, -0.2) is 31.0 Å². The van der Waals surface area contributed by atoms with Crippen LogP contribution in [0.1, 0.15) is 33.1 Å². The van der Waals surface area contributed by atoms with Crippen molar-refractivity contribution in [2.24, 2.45) is 0 Å². The van der Waals surface area contributed by atoms with Gasteiger partial charge in [-0.05, 0) is 83.6 Å². The Morgan fingerprint density at radius 1 is 0.451 bits per heavy atom. The van der Waals surface area contributed by atoms with Crippen molar-refractivity contribution >= 4 is 40.2 Å². The number of hydrogen-bond donors (Lipinski definition) is 3. The predicted molar refractivity (Wildman–Crippen MR) is 206 cm³/mol. The second-order valence-corrected chi connectivity index (χ2v) is 12.8. The van der Waals surface area contributed by atoms with Gasteiger partial charge in [-0.15, -0.1) is 0 Å². The molecule has 6 nitrogen and oxygen atoms in total. The Hall–Kier alpha value is -6.79. The number of hydrogen-bond acceptors (Lipinski definition) is 3. The molecular weight excluding hydrogens is 629 g/mol. The number of nitrogens with one attached hydrogen (secondary N) is 2. The topological polar surface area (TPSA) is 94.7 Å². The molecule has 0 amide bonds. The zero-order valence-electron chi connectivity index (χ0n) is 27.6. The van der Waals surface area contributed by atoms with Crippen LogP contribution in [0.25, 0.3) is 78.7 Å². The summed E-state index contributed by atoms with van der Waals surface area (Å²) in [5.74, 6) is -0.954. The Balaban J connectivity index is 1.46. The molecule has 0 atom stereocenters. The van der Waals surface area contributed by atoms with Crippen LogP contribution in [0.3, 0.4) is 0 Å². The summed E-state index contributed by atoms with van der Waals surface area (Å²) in [5.41, 5.74) is 15.8. The molecule has 8 bridgehead atoms. The molecule has 6 heteroatoms. The van der Waals surface area contributed by atoms with Crippen LogP contribution >= 0.6 is 0 Å². The van der Waals surface area contributed by atoms with Gasteiger partial charge in [0, 0.05) is 44.3 Å². The number of aromatic nitrogens is 4. The van der Waals surface area contributed by atoms with Crippen LogP contribution < -0.4 is 0 Å². The lowest BCUT2D eigenvalue weighted by Crippen LogP contribution is -1.95. The molecule has 0 saturated carbocycles. The first-order valence-corrected chi connectivity index (χ1v) is 17.1. The van der Waals surface area contributed by atoms with Gasteiger partial charge in [0.2, 0.25) is 0 Å². The molecule has 9 rings (SSSR count). The van der Waals surface area contributed by atoms with E-state index in [0.29, 0.717) is 0 Å². The van der Waals surface area contributed by atoms with Crippen molar-refractivity contribution in [2.75, 3.05) is 0 Å². The van der Waals surface area contributed by atoms with E-state index in [1.165, 1.54) is 0 Å². The van der Waals surface area contributed by atoms with Crippen LogP contribution in [0, 0.1) is 0 Å². The summed E-state index contributed by atoms with van der Waals surface area (Å²) in [5, 5.41) is 9.65. The number of carboxylic acid groups (broad SMARTS) is 1. The van der Waals surface area contributed by atoms with Crippen LogP contribution in [0.4, 0.5) is 0 Å². The summed E-state index contributed by atoms with van der Waals surface area (Å²) in [7, 11) is 0. The molecule has 2 aliphatic rings. The first-order valence-electron chi connectivity index (χ1n) is 17.1. The minimum atomic E-state index is -0.954. The molecule has 0 saturated heterocycles. The van der Waals surface area contributed by atoms with Gasteiger partial charge in [-0.1, -0.05) is 103 Å². The van der Waals surface area contributed by atoms with E-state index < -0.39 is 5.97 Å². The molecule has 244 valence electrons. The van der Waals surface area contributed by atoms with Gasteiger partial charge in [0.05, 0.1) is 28.3 Å². The SMILES string of the molecule is O=C(O)c1ccc(-c2c3nc(c(-c4ccccc4)c4ccc([nH]4)c(-c4ccccc4)c4nc(c(-c5ccccc5)c5ccc2[nH]5)C=C4)CC3)cc1. The molecule has 4 aromatic carbocycles. The minimum absolute atomic E-state index is 0.243. The smallest absolute Gasteiger partial charge is 0.335 e. The molecule has 0 aliphatic carbocycles. The summed E-state index contributed by atoms with van der Waals surface area (Å²) in [4.78, 5) is 30.1. The van der Waals surface area contributed by atoms with Crippen molar-refractivity contribution in [3.63, 3.8) is 0 Å². The van der Waals surface area contributed by atoms with Crippen molar-refractivity contribution in [3.05, 3.63) is 168 Å². The number of carboxylic acids is 1. The summed E-state index contributed by atoms with van der Waals surface area (Å²) in [6.07, 6.45) is 5.69. The number of H-pyrrole nitrogens is 2. The number of carbonyl (C=O) groups is 1. The van der Waals surface area contributed by atoms with Crippen LogP contribution in [-0.2, 0) is 12.8 Å². The summed E-state index contributed by atoms with van der Waals surface area (Å²) in [6.45, 7) is 0. The number of nitrogens with zero attached hydrogens (tertiary/aromatic N) is 2. The largest absolute Gasteiger partial charge is 0.478 e. The normalized spacial score (nSPS) is 12.2. The van der Waals surface area contributed by atoms with E-state index in [2.05, 4.69) is 107 Å². The van der Waals surface area contributed by atoms with E-state index >= 15 is 0 Å². The third-order valence-corrected chi connectivity index (χ3v) is 9.66. The van der Waals surface area contributed by atoms with Crippen LogP contribution in [0.5, 0.6) is 0 Å². The van der Waals surface area contributed by atoms with Crippen molar-refractivity contribution in [3.8, 4) is 44.5 Å². The Morgan fingerprint density at radius 3 is 1.24 bits per heavy atom. The van der Waals surface area contributed by atoms with Gasteiger partial charge in [0.1, 0.15) is 0 Å². The molecular formula is C45H32N4O2. The highest BCUT2D eigenvalue weighted by Crippen LogP contribution is 2.38. The number of aryl methyl sites for hydroxylation is 2. The molecule has 2 aliphatic heterocycles. The van der Waals surface area contributed by atoms with Gasteiger partial charge >= 0.3 is 5.97 Å². The van der Waals surface area contributed by atoms with Gasteiger partial charge < -0.3 is 15.1 Å². The fraction of sp³-hybridized carbons (Fsp3) is 0.0444. The molecule has 0 unspecified atom stereocenters. The van der Waals surface area contributed by atoms with Gasteiger partial charge in [0.25, 0.3) is 0 Å². The average Bonchev–Trinajstić information content (AvgIpc) is 4.01. The van der Waals surface area contributed by atoms with E-state index in [1.807, 2.05) is 42.5 Å². The monoisotopic (exact) mass is 660 g/mol. The molecule has 5 heterocycles. The van der Waals surface area contributed by atoms with E-state index in [0.717, 1.165) is 102 Å². The van der Waals surface area contributed by atoms with Crippen LogP contribution in [0.2, 0.25) is 0 Å². The number of aromatic amines is 2. The molecule has 0 spiro atoms. The van der Waals surface area contributed by atoms with Gasteiger partial charge in [-0.25, -0.2) is 9.78 Å². The second kappa shape index (κ2) is 12.6. The Kier molecular flexibility index (Phi) is 7.47. The number of rotatable bonds is 5. The molecule has 7 aromatic rings. The maximum atomic E-state index is 11.8. The average molecular weight is 661 g/mol. The molecule has 3 N–H and O–H groups in total. The Morgan fingerprint density at radius 2 is 0.824 bits per heavy atom. The van der Waals surface area contributed by atoms with Crippen molar-refractivity contribution in [1.29, 1.82) is 0 Å². The van der Waals surface area contributed by atoms with Crippen molar-refractivity contribution in [1.82, 2.24) is 19.9 Å². The quantitative estimate of drug-likeness (QED) is 0.171. The van der Waals surface area contributed by atoms with Crippen LogP contribution in [0.15, 0.2) is 140 Å². The maximum absolute atomic E-state index is 11.8. The number of fused-ring (bicyclic) bond motifs is 8. The highest BCUT2D eigenvalue weighted by Gasteiger charge is 2.21. The third-order valence-electron chi connectivity index (χ3n) is 9.66. The highest BCUT2D eigenvalue weighted by atomic mass is 16.4. The Labute approximate surface area is 294 Å². The highest BCUT2D eigenvalue weighted by molar-refractivity contribution is 5.97. The number of aromatic carboxylic acids is 1. The number of benzene rings is 4. The lowest BCUT2D eigenvalue weighted by atomic mass is 10.00. The molecule has 0 fully saturated rings. The maximum Gasteiger partial charge on any atom is 0.335 e. The van der Waals surface area contributed by atoms with Crippen molar-refractivity contribution in [2.45, 2.75) is 12.8 Å². The predicted octanol–water partition coefficient (Wildman–Crippen LogP) is 10.6. The lowest BCUT2D eigenvalue weighted by Gasteiger charge is -2.07. The fourth-order valence-electron chi connectivity index (χ4n) is 7.32. The lowest BCUT2D eigenvalue weighted by molar-refractivity contribution is 0.0697. The molecule has 0 radical (unpaired) electrons. The summed E-state index contributed by atoms with van der Waals surface area (Å²) in [6, 6.07) is 46.8. The zero-order valence-corrected chi connectivity index (χ0v) is 27.6. The summed E-state index contributed by atoms with van der Waals surface area (Å²) < 4.78 is 0. The Bertz CT molecular complexity index is 2640. The molecule has 3 aromatic heterocycles. The van der Waals surface area contributed by atoms with Gasteiger partial charge in [-0.3, -0.25) is 4.98 Å². The van der Waals surface area contributed by atoms with Gasteiger partial charge in [-0.2, -0.15) is 0 Å². The van der Waals surface area contributed by atoms with Crippen molar-refractivity contribution < 1.29 is 9.90 Å². The minimum Gasteiger partial charge on any atom is -0.478 e. The fourth-order valence-corrected chi connectivity index (χ4v) is 7.32. The first kappa shape index (κ1) is 30.3. The van der Waals surface area contributed by atoms with E-state index in [9.17, 15) is 9.90 Å². The zero-order chi connectivity index (χ0) is 34.3.